The van der Waals surface area contributed by atoms with Gasteiger partial charge in [-0.25, -0.2) is 9.97 Å². The third-order valence-electron chi connectivity index (χ3n) is 5.68. The normalized spacial score (nSPS) is 17.3. The van der Waals surface area contributed by atoms with Crippen molar-refractivity contribution >= 4 is 23.2 Å². The molecule has 1 aliphatic heterocycles. The van der Waals surface area contributed by atoms with Gasteiger partial charge in [-0.1, -0.05) is 49.1 Å². The first-order chi connectivity index (χ1) is 17.3. The van der Waals surface area contributed by atoms with Crippen LogP contribution in [0.25, 0.3) is 22.5 Å². The van der Waals surface area contributed by atoms with E-state index in [1.54, 1.807) is 7.05 Å². The van der Waals surface area contributed by atoms with E-state index >= 15 is 0 Å². The van der Waals surface area contributed by atoms with Gasteiger partial charge in [0, 0.05) is 76.1 Å². The van der Waals surface area contributed by atoms with E-state index in [0.717, 1.165) is 58.9 Å². The minimum Gasteiger partial charge on any atom is -0.383 e. The van der Waals surface area contributed by atoms with Crippen LogP contribution in [0, 0.1) is 0 Å². The lowest BCUT2D eigenvalue weighted by molar-refractivity contribution is -0.0117. The average Bonchev–Trinajstić information content (AvgIpc) is 2.85. The predicted molar refractivity (Wildman–Crippen MR) is 152 cm³/mol. The van der Waals surface area contributed by atoms with Gasteiger partial charge in [0.25, 0.3) is 0 Å². The van der Waals surface area contributed by atoms with Crippen molar-refractivity contribution in [3.8, 4) is 11.4 Å². The number of nitrogens with one attached hydrogen (secondary N) is 1. The fourth-order valence-corrected chi connectivity index (χ4v) is 4.02. The lowest BCUT2D eigenvalue weighted by atomic mass is 10.0. The van der Waals surface area contributed by atoms with Crippen LogP contribution in [-0.4, -0.2) is 86.5 Å². The zero-order valence-electron chi connectivity index (χ0n) is 22.2. The van der Waals surface area contributed by atoms with E-state index in [2.05, 4.69) is 47.5 Å². The number of allylic oxidation sites excluding steroid dienone is 5. The molecule has 7 heteroatoms. The molecule has 0 saturated carbocycles. The van der Waals surface area contributed by atoms with E-state index in [9.17, 15) is 0 Å². The summed E-state index contributed by atoms with van der Waals surface area (Å²) in [4.78, 5) is 18.2. The van der Waals surface area contributed by atoms with Crippen molar-refractivity contribution in [2.45, 2.75) is 13.0 Å². The van der Waals surface area contributed by atoms with Gasteiger partial charge >= 0.3 is 0 Å². The van der Waals surface area contributed by atoms with Crippen LogP contribution in [0.15, 0.2) is 72.5 Å². The molecule has 1 aromatic carbocycles. The molecule has 0 bridgehead atoms. The summed E-state index contributed by atoms with van der Waals surface area (Å²) in [5.74, 6) is 1.38. The van der Waals surface area contributed by atoms with Gasteiger partial charge in [-0.2, -0.15) is 0 Å². The van der Waals surface area contributed by atoms with Gasteiger partial charge in [-0.15, -0.1) is 0 Å². The average molecular weight is 487 g/mol. The van der Waals surface area contributed by atoms with Crippen molar-refractivity contribution in [1.29, 1.82) is 0 Å². The summed E-state index contributed by atoms with van der Waals surface area (Å²) in [5.41, 5.74) is 5.70. The van der Waals surface area contributed by atoms with Crippen molar-refractivity contribution in [2.24, 2.45) is 4.99 Å². The Balaban J connectivity index is 2.02. The molecule has 1 unspecified atom stereocenters. The Morgan fingerprint density at radius 1 is 1.33 bits per heavy atom. The minimum absolute atomic E-state index is 0.0816. The maximum Gasteiger partial charge on any atom is 0.161 e. The summed E-state index contributed by atoms with van der Waals surface area (Å²) >= 11 is 0. The molecule has 0 radical (unpaired) electrons. The Hall–Kier alpha value is -3.55. The lowest BCUT2D eigenvalue weighted by Crippen LogP contribution is -2.43. The molecule has 1 saturated heterocycles. The number of ether oxygens (including phenoxy) is 1. The van der Waals surface area contributed by atoms with Crippen molar-refractivity contribution in [3.63, 3.8) is 0 Å². The third-order valence-corrected chi connectivity index (χ3v) is 5.68. The molecule has 1 aromatic heterocycles. The number of anilines is 1. The van der Waals surface area contributed by atoms with Gasteiger partial charge in [-0.05, 0) is 31.2 Å². The molecular formula is C29H38N6O. The Kier molecular flexibility index (Phi) is 9.73. The van der Waals surface area contributed by atoms with E-state index < -0.39 is 0 Å². The smallest absolute Gasteiger partial charge is 0.161 e. The molecule has 36 heavy (non-hydrogen) atoms. The van der Waals surface area contributed by atoms with E-state index in [4.69, 9.17) is 14.7 Å². The highest BCUT2D eigenvalue weighted by atomic mass is 16.5. The van der Waals surface area contributed by atoms with Crippen LogP contribution < -0.4 is 5.32 Å². The Morgan fingerprint density at radius 2 is 2.14 bits per heavy atom. The first-order valence-electron chi connectivity index (χ1n) is 12.1. The molecule has 1 N–H and O–H groups in total. The number of rotatable bonds is 10. The maximum atomic E-state index is 5.96. The summed E-state index contributed by atoms with van der Waals surface area (Å²) in [6.07, 6.45) is 9.64. The fraction of sp³-hybridized carbons (Fsp3) is 0.345. The SMILES string of the molecule is C=C/C(=C\N(C)C)c1cccc(-c2ncc(/C(C=NC)=C/C(=C)C)c(NCC3CN(C)CCO3)n2)c1. The monoisotopic (exact) mass is 486 g/mol. The van der Waals surface area contributed by atoms with Crippen LogP contribution in [-0.2, 0) is 4.74 Å². The topological polar surface area (TPSA) is 65.9 Å². The number of nitrogens with zero attached hydrogens (tertiary/aromatic N) is 5. The largest absolute Gasteiger partial charge is 0.383 e. The van der Waals surface area contributed by atoms with Crippen molar-refractivity contribution in [2.75, 3.05) is 59.7 Å². The van der Waals surface area contributed by atoms with Gasteiger partial charge in [0.1, 0.15) is 5.82 Å². The Labute approximate surface area is 215 Å². The molecule has 1 aliphatic rings. The van der Waals surface area contributed by atoms with E-state index in [1.165, 1.54) is 0 Å². The summed E-state index contributed by atoms with van der Waals surface area (Å²) < 4.78 is 5.96. The number of hydrogen-bond acceptors (Lipinski definition) is 7. The first kappa shape index (κ1) is 27.0. The highest BCUT2D eigenvalue weighted by Gasteiger charge is 2.19. The van der Waals surface area contributed by atoms with Gasteiger partial charge in [0.15, 0.2) is 5.82 Å². The number of benzene rings is 1. The van der Waals surface area contributed by atoms with Gasteiger partial charge < -0.3 is 19.9 Å². The zero-order valence-corrected chi connectivity index (χ0v) is 22.2. The summed E-state index contributed by atoms with van der Waals surface area (Å²) in [5, 5.41) is 3.53. The molecule has 2 heterocycles. The van der Waals surface area contributed by atoms with Crippen LogP contribution in [0.2, 0.25) is 0 Å². The summed E-state index contributed by atoms with van der Waals surface area (Å²) in [7, 11) is 7.86. The quantitative estimate of drug-likeness (QED) is 0.390. The second kappa shape index (κ2) is 13.0. The lowest BCUT2D eigenvalue weighted by Gasteiger charge is -2.30. The van der Waals surface area contributed by atoms with Crippen LogP contribution in [0.5, 0.6) is 0 Å². The van der Waals surface area contributed by atoms with Crippen LogP contribution in [0.1, 0.15) is 18.1 Å². The second-order valence-corrected chi connectivity index (χ2v) is 9.26. The molecule has 2 aromatic rings. The molecule has 1 fully saturated rings. The summed E-state index contributed by atoms with van der Waals surface area (Å²) in [6, 6.07) is 8.20. The van der Waals surface area contributed by atoms with E-state index in [1.807, 2.05) is 68.8 Å². The summed E-state index contributed by atoms with van der Waals surface area (Å²) in [6.45, 7) is 13.2. The van der Waals surface area contributed by atoms with Crippen LogP contribution in [0.4, 0.5) is 5.82 Å². The molecule has 7 nitrogen and oxygen atoms in total. The van der Waals surface area contributed by atoms with E-state index in [-0.39, 0.29) is 6.10 Å². The van der Waals surface area contributed by atoms with Crippen molar-refractivity contribution in [1.82, 2.24) is 19.8 Å². The standard InChI is InChI=1S/C29H38N6O/c1-8-22(19-34(5)6)23-10-9-11-24(15-23)28-32-18-27(25(16-30-4)14-21(2)3)29(33-28)31-17-26-20-35(7)12-13-36-26/h8-11,14-16,18-19,26H,1-2,12-13,17,20H2,3-7H3,(H,31,32,33)/b22-19+,25-14+,30-16?. The minimum atomic E-state index is 0.0816. The van der Waals surface area contributed by atoms with Gasteiger partial charge in [-0.3, -0.25) is 4.99 Å². The van der Waals surface area contributed by atoms with Crippen LogP contribution in [0.3, 0.4) is 0 Å². The van der Waals surface area contributed by atoms with Crippen molar-refractivity contribution < 1.29 is 4.74 Å². The Morgan fingerprint density at radius 3 is 2.81 bits per heavy atom. The number of likely N-dealkylation sites (N-methyl/N-ethyl adjacent to an activating group) is 1. The van der Waals surface area contributed by atoms with E-state index in [0.29, 0.717) is 12.4 Å². The van der Waals surface area contributed by atoms with Gasteiger partial charge in [0.2, 0.25) is 0 Å². The number of aromatic nitrogens is 2. The second-order valence-electron chi connectivity index (χ2n) is 9.26. The fourth-order valence-electron chi connectivity index (χ4n) is 4.02. The first-order valence-corrected chi connectivity index (χ1v) is 12.1. The zero-order chi connectivity index (χ0) is 26.1. The highest BCUT2D eigenvalue weighted by molar-refractivity contribution is 6.12. The maximum absolute atomic E-state index is 5.96. The molecule has 0 aliphatic carbocycles. The van der Waals surface area contributed by atoms with Crippen molar-refractivity contribution in [3.05, 3.63) is 78.7 Å². The number of hydrogen-bond donors (Lipinski definition) is 1. The molecule has 190 valence electrons. The molecule has 0 spiro atoms. The van der Waals surface area contributed by atoms with Gasteiger partial charge in [0.05, 0.1) is 12.7 Å². The van der Waals surface area contributed by atoms with Crippen LogP contribution >= 0.6 is 0 Å². The molecule has 1 atom stereocenters. The molecule has 3 rings (SSSR count). The molecular weight excluding hydrogens is 448 g/mol. The number of morpholine rings is 1. The third kappa shape index (κ3) is 7.47. The Bertz CT molecular complexity index is 1160. The molecule has 0 amide bonds. The highest BCUT2D eigenvalue weighted by Crippen LogP contribution is 2.27. The predicted octanol–water partition coefficient (Wildman–Crippen LogP) is 4.63. The number of aliphatic imine (C=N–C) groups is 1.